The predicted octanol–water partition coefficient (Wildman–Crippen LogP) is 17.8. The van der Waals surface area contributed by atoms with Gasteiger partial charge in [-0.3, -0.25) is 0 Å². The van der Waals surface area contributed by atoms with Gasteiger partial charge in [-0.05, 0) is 207 Å². The summed E-state index contributed by atoms with van der Waals surface area (Å²) in [6.45, 7) is 33.2. The van der Waals surface area contributed by atoms with E-state index in [1.807, 2.05) is 55.5 Å². The molecule has 470 valence electrons. The van der Waals surface area contributed by atoms with Crippen LogP contribution in [0.4, 0.5) is 17.1 Å². The van der Waals surface area contributed by atoms with Gasteiger partial charge < -0.3 is 43.7 Å². The molecule has 0 bridgehead atoms. The fraction of sp³-hybridized carbons (Fsp3) is 0.384. The Bertz CT molecular complexity index is 4620. The number of fused-ring (bicyclic) bond motifs is 3. The zero-order valence-corrected chi connectivity index (χ0v) is 51.8. The van der Waals surface area contributed by atoms with Gasteiger partial charge in [0.2, 0.25) is 34.5 Å². The van der Waals surface area contributed by atoms with Crippen molar-refractivity contribution in [2.75, 3.05) is 19.5 Å². The van der Waals surface area contributed by atoms with Gasteiger partial charge in [-0.1, -0.05) is 98.3 Å². The maximum Gasteiger partial charge on any atom is 0.256 e. The van der Waals surface area contributed by atoms with Crippen LogP contribution in [0, 0.1) is 19.7 Å². The van der Waals surface area contributed by atoms with Crippen LogP contribution in [0.1, 0.15) is 175 Å². The van der Waals surface area contributed by atoms with Crippen LogP contribution >= 0.6 is 0 Å². The molecule has 3 atom stereocenters. The topological polar surface area (TPSA) is 194 Å². The molecular weight excluding hydrogens is 1140 g/mol. The summed E-state index contributed by atoms with van der Waals surface area (Å²) in [4.78, 5) is 24.2. The van der Waals surface area contributed by atoms with Crippen molar-refractivity contribution < 1.29 is 42.9 Å². The number of rotatable bonds is 21. The Balaban J connectivity index is 0.000000177. The summed E-state index contributed by atoms with van der Waals surface area (Å²) < 4.78 is 120. The van der Waals surface area contributed by atoms with E-state index in [0.29, 0.717) is 82.5 Å². The zero-order chi connectivity index (χ0) is 73.2. The highest BCUT2D eigenvalue weighted by atomic mass is 16.5. The summed E-state index contributed by atoms with van der Waals surface area (Å²) >= 11 is 0. The first-order chi connectivity index (χ1) is 47.4. The Morgan fingerprint density at radius 2 is 0.835 bits per heavy atom. The fourth-order valence-electron chi connectivity index (χ4n) is 11.2. The Labute approximate surface area is 550 Å². The molecule has 0 aliphatic heterocycles. The maximum absolute atomic E-state index is 8.10. The number of aromatic nitrogens is 6. The van der Waals surface area contributed by atoms with Gasteiger partial charge in [0.05, 0.1) is 42.1 Å². The molecule has 18 nitrogen and oxygen atoms in total. The van der Waals surface area contributed by atoms with E-state index in [2.05, 4.69) is 67.0 Å². The zero-order valence-electron chi connectivity index (χ0n) is 62.8. The lowest BCUT2D eigenvalue weighted by atomic mass is 10.0. The second kappa shape index (κ2) is 30.8. The molecule has 3 aromatic heterocycles. The molecule has 0 fully saturated rings. The lowest BCUT2D eigenvalue weighted by Crippen LogP contribution is -2.19. The van der Waals surface area contributed by atoms with Gasteiger partial charge in [-0.15, -0.1) is 0 Å². The molecule has 18 heteroatoms. The summed E-state index contributed by atoms with van der Waals surface area (Å²) in [5.41, 5.74) is 11.3. The van der Waals surface area contributed by atoms with Crippen molar-refractivity contribution in [1.29, 1.82) is 0 Å². The lowest BCUT2D eigenvalue weighted by Gasteiger charge is -2.13. The van der Waals surface area contributed by atoms with Crippen molar-refractivity contribution in [3.63, 3.8) is 0 Å². The van der Waals surface area contributed by atoms with E-state index >= 15 is 0 Å². The third-order valence-corrected chi connectivity index (χ3v) is 15.1. The third-order valence-electron chi connectivity index (χ3n) is 15.1. The summed E-state index contributed by atoms with van der Waals surface area (Å²) in [5.74, 6) is 3.12. The molecule has 0 saturated heterocycles. The molecule has 3 aliphatic rings. The summed E-state index contributed by atoms with van der Waals surface area (Å²) in [7, 11) is 0. The van der Waals surface area contributed by atoms with E-state index in [-0.39, 0.29) is 55.0 Å². The van der Waals surface area contributed by atoms with Crippen LogP contribution in [0.3, 0.4) is 0 Å². The van der Waals surface area contributed by atoms with Crippen LogP contribution in [0.25, 0.3) is 83.1 Å². The van der Waals surface area contributed by atoms with E-state index in [9.17, 15) is 0 Å². The minimum absolute atomic E-state index is 0. The van der Waals surface area contributed by atoms with Gasteiger partial charge in [-0.25, -0.2) is 14.5 Å². The highest BCUT2D eigenvalue weighted by Crippen LogP contribution is 2.42. The number of hydrogen-bond acceptors (Lipinski definition) is 15. The van der Waals surface area contributed by atoms with Crippen molar-refractivity contribution in [3.05, 3.63) is 177 Å². The first-order valence-electron chi connectivity index (χ1n) is 35.2. The summed E-state index contributed by atoms with van der Waals surface area (Å²) in [6.07, 6.45) is -1.81. The normalized spacial score (nSPS) is 17.8. The van der Waals surface area contributed by atoms with Gasteiger partial charge in [0.1, 0.15) is 17.2 Å². The highest BCUT2D eigenvalue weighted by Gasteiger charge is 2.30. The number of nitrogens with zero attached hydrogens (tertiary/aromatic N) is 9. The van der Waals surface area contributed by atoms with Crippen molar-refractivity contribution in [1.82, 2.24) is 46.4 Å². The Kier molecular flexibility index (Phi) is 17.7. The predicted molar refractivity (Wildman–Crippen MR) is 356 cm³/mol. The molecule has 6 aromatic carbocycles. The quantitative estimate of drug-likeness (QED) is 0.0575. The first-order valence-corrected chi connectivity index (χ1v) is 29.7. The number of ether oxygens (including phenoxy) is 3. The molecular formula is C73H82N12O6. The van der Waals surface area contributed by atoms with Crippen LogP contribution in [-0.2, 0) is 19.3 Å². The van der Waals surface area contributed by atoms with Gasteiger partial charge in [0.15, 0.2) is 0 Å². The van der Waals surface area contributed by atoms with Crippen molar-refractivity contribution >= 4 is 17.1 Å². The molecule has 91 heavy (non-hydrogen) atoms. The van der Waals surface area contributed by atoms with Gasteiger partial charge in [0, 0.05) is 62.5 Å². The first kappa shape index (κ1) is 52.3. The van der Waals surface area contributed by atoms with Crippen molar-refractivity contribution in [2.45, 2.75) is 164 Å². The molecule has 3 N–H and O–H groups in total. The van der Waals surface area contributed by atoms with E-state index < -0.39 is 44.0 Å². The van der Waals surface area contributed by atoms with Crippen molar-refractivity contribution in [3.8, 4) is 85.8 Å². The smallest absolute Gasteiger partial charge is 0.256 e. The van der Waals surface area contributed by atoms with E-state index in [0.717, 1.165) is 75.8 Å². The molecule has 0 unspecified atom stereocenters. The van der Waals surface area contributed by atoms with Crippen LogP contribution in [0.15, 0.2) is 123 Å². The largest absolute Gasteiger partial charge is 0.502 e. The molecule has 12 rings (SSSR count). The highest BCUT2D eigenvalue weighted by molar-refractivity contribution is 5.74. The van der Waals surface area contributed by atoms with Crippen LogP contribution in [0.2, 0.25) is 0 Å². The standard InChI is InChI=1S/3C24H26N4O2.CH4/c3*1-5-13-26-20-11-10-17-18(20)7-6-8-19(17)23-27-24(30-28-23)16-9-12-22(29-15(2)3)21(14-16)25-4;/h3*6-9,12,14-15,20,26H,5,10-11,13H2,1-3H3;1H4/t3*20-;/m000./s1/i5D2,13D2,15D;13D2,15D;5D2,15D;. The van der Waals surface area contributed by atoms with E-state index in [1.54, 1.807) is 103 Å². The second-order valence-electron chi connectivity index (χ2n) is 22.0. The average molecular weight is 1230 g/mol. The Morgan fingerprint density at radius 3 is 1.14 bits per heavy atom. The molecule has 0 radical (unpaired) electrons. The molecule has 9 aromatic rings. The van der Waals surface area contributed by atoms with Gasteiger partial charge in [-0.2, -0.15) is 15.0 Å². The molecule has 0 amide bonds. The summed E-state index contributed by atoms with van der Waals surface area (Å²) in [6, 6.07) is 32.1. The van der Waals surface area contributed by atoms with Crippen LogP contribution in [-0.4, -0.2) is 68.2 Å². The van der Waals surface area contributed by atoms with Crippen molar-refractivity contribution in [2.24, 2.45) is 0 Å². The van der Waals surface area contributed by atoms with E-state index in [4.69, 9.17) is 62.6 Å². The third kappa shape index (κ3) is 15.4. The maximum atomic E-state index is 8.10. The van der Waals surface area contributed by atoms with Gasteiger partial charge in [0.25, 0.3) is 17.7 Å². The minimum atomic E-state index is -2.19. The number of benzene rings is 6. The summed E-state index contributed by atoms with van der Waals surface area (Å²) in [5, 5.41) is 21.8. The SMILES string of the molecule is C.[2H]C(C)(C)Oc1ccc(-c2nc(-c3cccc4c3CC[C@@H]4NC([2H])([2H])C([2H])([2H])C)no2)cc1[N+]#[C-].[2H]C([2H])(C)CN[C@H]1CCc2c(-c3noc(-c4ccc(OC([2H])(C)C)c([N+]#[C-])c4)n3)cccc21.[2H]C([2H])(CC)N[C@H]1CCc2c(-c3noc(-c4ccc(OC([2H])(C)C)c([N+]#[C-])c4)n3)cccc21. The van der Waals surface area contributed by atoms with Crippen LogP contribution in [0.5, 0.6) is 17.2 Å². The molecule has 3 aliphatic carbocycles. The number of nitrogens with one attached hydrogen (secondary N) is 3. The van der Waals surface area contributed by atoms with E-state index in [1.165, 1.54) is 6.92 Å². The van der Waals surface area contributed by atoms with Gasteiger partial charge >= 0.3 is 0 Å². The average Bonchev–Trinajstić information content (AvgIpc) is 1.64. The molecule has 3 heterocycles. The Hall–Kier alpha value is -9.51. The lowest BCUT2D eigenvalue weighted by molar-refractivity contribution is 0.244. The van der Waals surface area contributed by atoms with Crippen LogP contribution < -0.4 is 30.2 Å². The molecule has 0 spiro atoms. The fourth-order valence-corrected chi connectivity index (χ4v) is 11.2. The second-order valence-corrected chi connectivity index (χ2v) is 22.0. The molecule has 0 saturated carbocycles. The number of hydrogen-bond donors (Lipinski definition) is 3. The Morgan fingerprint density at radius 1 is 0.495 bits per heavy atom. The monoisotopic (exact) mass is 1230 g/mol. The minimum Gasteiger partial charge on any atom is -0.502 e.